The molecule has 0 spiro atoms. The quantitative estimate of drug-likeness (QED) is 0.449. The van der Waals surface area contributed by atoms with Gasteiger partial charge in [0, 0.05) is 18.6 Å². The van der Waals surface area contributed by atoms with Crippen molar-refractivity contribution >= 4 is 5.97 Å². The van der Waals surface area contributed by atoms with Crippen molar-refractivity contribution in [2.75, 3.05) is 19.7 Å². The second kappa shape index (κ2) is 3.50. The average molecular weight is 157 g/mol. The number of carbonyl (C=O) groups excluding carboxylic acids is 1. The van der Waals surface area contributed by atoms with Crippen molar-refractivity contribution in [2.24, 2.45) is 0 Å². The molecule has 1 saturated heterocycles. The summed E-state index contributed by atoms with van der Waals surface area (Å²) in [4.78, 5) is 15.7. The van der Waals surface area contributed by atoms with Crippen LogP contribution in [0.3, 0.4) is 0 Å². The van der Waals surface area contributed by atoms with Gasteiger partial charge in [-0.05, 0) is 0 Å². The molecule has 1 aliphatic rings. The molecule has 0 aromatic heterocycles. The lowest BCUT2D eigenvalue weighted by Gasteiger charge is -2.03. The topological polar surface area (TPSA) is 49.5 Å². The normalized spacial score (nSPS) is 16.1. The van der Waals surface area contributed by atoms with Crippen molar-refractivity contribution in [2.45, 2.75) is 6.42 Å². The van der Waals surface area contributed by atoms with E-state index in [9.17, 15) is 4.79 Å². The lowest BCUT2D eigenvalue weighted by Crippen LogP contribution is -2.12. The molecule has 0 bridgehead atoms. The number of hydrogen-bond donors (Lipinski definition) is 1. The Kier molecular flexibility index (Phi) is 2.62. The van der Waals surface area contributed by atoms with Crippen LogP contribution in [0.2, 0.25) is 0 Å². The molecule has 0 aromatic carbocycles. The first kappa shape index (κ1) is 8.23. The van der Waals surface area contributed by atoms with Crippen LogP contribution in [0.15, 0.2) is 12.2 Å². The fourth-order valence-electron chi connectivity index (χ4n) is 0.551. The van der Waals surface area contributed by atoms with Gasteiger partial charge in [0.05, 0.1) is 13.1 Å². The monoisotopic (exact) mass is 157 g/mol. The summed E-state index contributed by atoms with van der Waals surface area (Å²) in [5.74, 6) is -0.434. The zero-order chi connectivity index (χ0) is 8.27. The number of aliphatic hydroxyl groups is 1. The fourth-order valence-corrected chi connectivity index (χ4v) is 0.551. The number of hydroxylamine groups is 2. The van der Waals surface area contributed by atoms with Crippen LogP contribution in [0.1, 0.15) is 6.42 Å². The fraction of sp³-hybridized carbons (Fsp3) is 0.571. The smallest absolute Gasteiger partial charge is 0.352 e. The Hall–Kier alpha value is -0.870. The van der Waals surface area contributed by atoms with E-state index in [1.54, 1.807) is 0 Å². The molecule has 62 valence electrons. The van der Waals surface area contributed by atoms with Crippen LogP contribution in [-0.4, -0.2) is 35.8 Å². The summed E-state index contributed by atoms with van der Waals surface area (Å²) >= 11 is 0. The molecule has 0 unspecified atom stereocenters. The van der Waals surface area contributed by atoms with Crippen molar-refractivity contribution in [1.82, 2.24) is 5.06 Å². The third kappa shape index (κ3) is 2.69. The second-order valence-corrected chi connectivity index (χ2v) is 2.38. The minimum Gasteiger partial charge on any atom is -0.396 e. The highest BCUT2D eigenvalue weighted by molar-refractivity contribution is 5.87. The standard InChI is InChI=1S/C7H11NO3/c1-6(2-5-9)7(10)11-8-3-4-8/h9H,1-5H2. The first-order valence-electron chi connectivity index (χ1n) is 3.50. The van der Waals surface area contributed by atoms with Crippen LogP contribution in [0.25, 0.3) is 0 Å². The molecular weight excluding hydrogens is 146 g/mol. The largest absolute Gasteiger partial charge is 0.396 e. The van der Waals surface area contributed by atoms with E-state index in [0.29, 0.717) is 5.57 Å². The Morgan fingerprint density at radius 3 is 2.73 bits per heavy atom. The summed E-state index contributed by atoms with van der Waals surface area (Å²) in [5.41, 5.74) is 0.319. The predicted octanol–water partition coefficient (Wildman–Crippen LogP) is -0.301. The third-order valence-corrected chi connectivity index (χ3v) is 1.32. The Labute approximate surface area is 65.0 Å². The van der Waals surface area contributed by atoms with Crippen LogP contribution < -0.4 is 0 Å². The maximum absolute atomic E-state index is 10.9. The van der Waals surface area contributed by atoms with E-state index in [1.807, 2.05) is 0 Å². The maximum Gasteiger partial charge on any atom is 0.352 e. The minimum absolute atomic E-state index is 0.0616. The Balaban J connectivity index is 2.21. The zero-order valence-corrected chi connectivity index (χ0v) is 6.25. The molecule has 11 heavy (non-hydrogen) atoms. The van der Waals surface area contributed by atoms with Crippen LogP contribution in [0, 0.1) is 0 Å². The van der Waals surface area contributed by atoms with Gasteiger partial charge < -0.3 is 9.94 Å². The molecule has 1 fully saturated rings. The number of rotatable bonds is 4. The van der Waals surface area contributed by atoms with Crippen LogP contribution in [0.4, 0.5) is 0 Å². The highest BCUT2D eigenvalue weighted by Gasteiger charge is 2.23. The molecule has 1 N–H and O–H groups in total. The van der Waals surface area contributed by atoms with Gasteiger partial charge in [-0.25, -0.2) is 4.79 Å². The minimum atomic E-state index is -0.434. The number of aliphatic hydroxyl groups excluding tert-OH is 1. The maximum atomic E-state index is 10.9. The molecule has 4 heteroatoms. The summed E-state index contributed by atoms with van der Waals surface area (Å²) in [6, 6.07) is 0. The molecule has 4 nitrogen and oxygen atoms in total. The van der Waals surface area contributed by atoms with Gasteiger partial charge in [-0.15, -0.1) is 5.06 Å². The molecule has 0 aliphatic carbocycles. The third-order valence-electron chi connectivity index (χ3n) is 1.32. The van der Waals surface area contributed by atoms with Crippen molar-refractivity contribution in [3.63, 3.8) is 0 Å². The average Bonchev–Trinajstić information content (AvgIpc) is 2.72. The zero-order valence-electron chi connectivity index (χ0n) is 6.25. The van der Waals surface area contributed by atoms with E-state index in [-0.39, 0.29) is 13.0 Å². The Bertz CT molecular complexity index is 175. The van der Waals surface area contributed by atoms with Gasteiger partial charge in [0.1, 0.15) is 0 Å². The summed E-state index contributed by atoms with van der Waals surface area (Å²) < 4.78 is 0. The van der Waals surface area contributed by atoms with Crippen molar-refractivity contribution in [3.8, 4) is 0 Å². The van der Waals surface area contributed by atoms with Gasteiger partial charge in [-0.1, -0.05) is 6.58 Å². The summed E-state index contributed by atoms with van der Waals surface area (Å²) in [5, 5.41) is 9.99. The second-order valence-electron chi connectivity index (χ2n) is 2.38. The van der Waals surface area contributed by atoms with Gasteiger partial charge in [-0.3, -0.25) is 0 Å². The van der Waals surface area contributed by atoms with Crippen molar-refractivity contribution in [1.29, 1.82) is 0 Å². The van der Waals surface area contributed by atoms with Gasteiger partial charge in [0.25, 0.3) is 0 Å². The summed E-state index contributed by atoms with van der Waals surface area (Å²) in [6.45, 7) is 5.01. The number of hydrogen-bond acceptors (Lipinski definition) is 4. The highest BCUT2D eigenvalue weighted by Crippen LogP contribution is 2.08. The Morgan fingerprint density at radius 2 is 2.27 bits per heavy atom. The first-order valence-corrected chi connectivity index (χ1v) is 3.50. The number of carbonyl (C=O) groups is 1. The molecule has 1 rings (SSSR count). The SMILES string of the molecule is C=C(CCO)C(=O)ON1CC1. The van der Waals surface area contributed by atoms with E-state index in [1.165, 1.54) is 5.06 Å². The summed E-state index contributed by atoms with van der Waals surface area (Å²) in [7, 11) is 0. The van der Waals surface area contributed by atoms with Crippen LogP contribution in [0.5, 0.6) is 0 Å². The molecule has 0 atom stereocenters. The highest BCUT2D eigenvalue weighted by atomic mass is 16.7. The van der Waals surface area contributed by atoms with E-state index in [2.05, 4.69) is 6.58 Å². The van der Waals surface area contributed by atoms with Gasteiger partial charge in [0.15, 0.2) is 0 Å². The molecule has 1 aliphatic heterocycles. The Morgan fingerprint density at radius 1 is 1.64 bits per heavy atom. The number of nitrogens with zero attached hydrogens (tertiary/aromatic N) is 1. The van der Waals surface area contributed by atoms with Crippen LogP contribution in [-0.2, 0) is 9.63 Å². The van der Waals surface area contributed by atoms with Gasteiger partial charge >= 0.3 is 5.97 Å². The van der Waals surface area contributed by atoms with E-state index in [4.69, 9.17) is 9.94 Å². The van der Waals surface area contributed by atoms with Gasteiger partial charge in [0.2, 0.25) is 0 Å². The van der Waals surface area contributed by atoms with Crippen molar-refractivity contribution < 1.29 is 14.7 Å². The molecule has 0 saturated carbocycles. The molecule has 0 radical (unpaired) electrons. The molecule has 1 heterocycles. The predicted molar refractivity (Wildman–Crippen MR) is 38.5 cm³/mol. The lowest BCUT2D eigenvalue weighted by atomic mass is 10.2. The van der Waals surface area contributed by atoms with E-state index >= 15 is 0 Å². The van der Waals surface area contributed by atoms with E-state index < -0.39 is 5.97 Å². The molecule has 0 amide bonds. The van der Waals surface area contributed by atoms with Crippen molar-refractivity contribution in [3.05, 3.63) is 12.2 Å². The molecule has 0 aromatic rings. The van der Waals surface area contributed by atoms with Gasteiger partial charge in [-0.2, -0.15) is 0 Å². The van der Waals surface area contributed by atoms with Crippen LogP contribution >= 0.6 is 0 Å². The summed E-state index contributed by atoms with van der Waals surface area (Å²) in [6.07, 6.45) is 0.284. The molecular formula is C7H11NO3. The first-order chi connectivity index (χ1) is 5.24. The van der Waals surface area contributed by atoms with E-state index in [0.717, 1.165) is 13.1 Å². The lowest BCUT2D eigenvalue weighted by molar-refractivity contribution is -0.161.